The minimum absolute atomic E-state index is 0.0654. The summed E-state index contributed by atoms with van der Waals surface area (Å²) in [6, 6.07) is 13.6. The summed E-state index contributed by atoms with van der Waals surface area (Å²) in [6.07, 6.45) is 2.37. The van der Waals surface area contributed by atoms with E-state index < -0.39 is 0 Å². The van der Waals surface area contributed by atoms with Crippen molar-refractivity contribution in [3.05, 3.63) is 60.2 Å². The smallest absolute Gasteiger partial charge is 0.243 e. The molecule has 0 aliphatic heterocycles. The normalized spacial score (nSPS) is 12.8. The molecule has 2 N–H and O–H groups in total. The molecule has 0 bridgehead atoms. The van der Waals surface area contributed by atoms with E-state index in [2.05, 4.69) is 15.6 Å². The van der Waals surface area contributed by atoms with Crippen LogP contribution in [0.2, 0.25) is 0 Å². The number of benzene rings is 1. The van der Waals surface area contributed by atoms with Gasteiger partial charge in [-0.1, -0.05) is 18.2 Å². The first kappa shape index (κ1) is 19.5. The number of likely N-dealkylation sites (N-methyl/N-ethyl adjacent to an activating group) is 1. The van der Waals surface area contributed by atoms with E-state index in [0.29, 0.717) is 18.9 Å². The van der Waals surface area contributed by atoms with Crippen LogP contribution in [0.3, 0.4) is 0 Å². The molecule has 0 saturated heterocycles. The average molecular weight is 382 g/mol. The van der Waals surface area contributed by atoms with Crippen molar-refractivity contribution >= 4 is 22.8 Å². The molecule has 1 aromatic carbocycles. The van der Waals surface area contributed by atoms with Crippen molar-refractivity contribution in [3.63, 3.8) is 0 Å². The third-order valence-corrected chi connectivity index (χ3v) is 4.34. The maximum absolute atomic E-state index is 11.9. The third kappa shape index (κ3) is 5.16. The van der Waals surface area contributed by atoms with Crippen molar-refractivity contribution in [1.29, 1.82) is 0 Å². The van der Waals surface area contributed by atoms with Gasteiger partial charge in [-0.3, -0.25) is 4.79 Å². The van der Waals surface area contributed by atoms with Crippen LogP contribution in [0.1, 0.15) is 24.5 Å². The Morgan fingerprint density at radius 2 is 2.04 bits per heavy atom. The van der Waals surface area contributed by atoms with E-state index >= 15 is 0 Å². The summed E-state index contributed by atoms with van der Waals surface area (Å²) in [5.41, 5.74) is 0.846. The molecule has 1 atom stereocenters. The molecule has 3 rings (SSSR count). The molecule has 1 amide bonds. The van der Waals surface area contributed by atoms with Gasteiger partial charge in [0.05, 0.1) is 12.3 Å². The molecule has 7 heteroatoms. The van der Waals surface area contributed by atoms with Gasteiger partial charge in [0.2, 0.25) is 5.91 Å². The van der Waals surface area contributed by atoms with Crippen molar-refractivity contribution in [2.24, 2.45) is 4.99 Å². The lowest BCUT2D eigenvalue weighted by Crippen LogP contribution is -2.40. The number of hydrogen-bond acceptors (Lipinski definition) is 4. The number of rotatable bonds is 7. The predicted octanol–water partition coefficient (Wildman–Crippen LogP) is 2.95. The van der Waals surface area contributed by atoms with Crippen LogP contribution < -0.4 is 10.6 Å². The lowest BCUT2D eigenvalue weighted by Gasteiger charge is -2.17. The zero-order valence-corrected chi connectivity index (χ0v) is 16.4. The van der Waals surface area contributed by atoms with E-state index in [-0.39, 0.29) is 18.5 Å². The quantitative estimate of drug-likeness (QED) is 0.485. The van der Waals surface area contributed by atoms with Crippen molar-refractivity contribution in [3.8, 4) is 0 Å². The summed E-state index contributed by atoms with van der Waals surface area (Å²) < 4.78 is 11.3. The molecule has 3 aromatic rings. The number of carbonyl (C=O) groups excluding carboxylic acids is 1. The monoisotopic (exact) mass is 382 g/mol. The summed E-state index contributed by atoms with van der Waals surface area (Å²) in [6.45, 7) is 2.69. The lowest BCUT2D eigenvalue weighted by atomic mass is 10.2. The van der Waals surface area contributed by atoms with Crippen molar-refractivity contribution < 1.29 is 13.6 Å². The summed E-state index contributed by atoms with van der Waals surface area (Å²) in [4.78, 5) is 17.8. The fourth-order valence-corrected chi connectivity index (χ4v) is 2.69. The fourth-order valence-electron chi connectivity index (χ4n) is 2.69. The Labute approximate surface area is 164 Å². The first-order valence-corrected chi connectivity index (χ1v) is 9.29. The standard InChI is InChI=1S/C21H26N4O3/c1-15(19-13-16-7-4-5-9-18(16)28-19)24-21(23-14-20(26)25(2)3)22-11-10-17-8-6-12-27-17/h4-9,12-13,15H,10-11,14H2,1-3H3,(H2,22,23,24). The number of hydrogen-bond donors (Lipinski definition) is 2. The Kier molecular flexibility index (Phi) is 6.37. The first-order chi connectivity index (χ1) is 13.5. The molecule has 2 heterocycles. The predicted molar refractivity (Wildman–Crippen MR) is 109 cm³/mol. The second kappa shape index (κ2) is 9.12. The molecule has 0 radical (unpaired) electrons. The van der Waals surface area contributed by atoms with E-state index in [4.69, 9.17) is 8.83 Å². The summed E-state index contributed by atoms with van der Waals surface area (Å²) >= 11 is 0. The minimum atomic E-state index is -0.114. The minimum Gasteiger partial charge on any atom is -0.469 e. The Bertz CT molecular complexity index is 895. The molecule has 0 spiro atoms. The third-order valence-electron chi connectivity index (χ3n) is 4.34. The van der Waals surface area contributed by atoms with Crippen LogP contribution in [-0.4, -0.2) is 44.0 Å². The highest BCUT2D eigenvalue weighted by atomic mass is 16.3. The van der Waals surface area contributed by atoms with Crippen LogP contribution in [0, 0.1) is 0 Å². The van der Waals surface area contributed by atoms with Gasteiger partial charge in [0.15, 0.2) is 5.96 Å². The first-order valence-electron chi connectivity index (χ1n) is 9.29. The number of amides is 1. The van der Waals surface area contributed by atoms with Gasteiger partial charge in [0.25, 0.3) is 0 Å². The van der Waals surface area contributed by atoms with E-state index in [0.717, 1.165) is 22.5 Å². The van der Waals surface area contributed by atoms with Gasteiger partial charge in [-0.2, -0.15) is 0 Å². The van der Waals surface area contributed by atoms with Gasteiger partial charge in [-0.15, -0.1) is 0 Å². The Morgan fingerprint density at radius 3 is 2.75 bits per heavy atom. The van der Waals surface area contributed by atoms with E-state index in [1.165, 1.54) is 4.90 Å². The number of nitrogens with one attached hydrogen (secondary N) is 2. The Balaban J connectivity index is 1.67. The Hall–Kier alpha value is -3.22. The number of furan rings is 2. The molecule has 28 heavy (non-hydrogen) atoms. The second-order valence-electron chi connectivity index (χ2n) is 6.76. The maximum Gasteiger partial charge on any atom is 0.243 e. The van der Waals surface area contributed by atoms with Crippen LogP contribution in [0.5, 0.6) is 0 Å². The van der Waals surface area contributed by atoms with Crippen LogP contribution in [0.25, 0.3) is 11.0 Å². The molecule has 0 saturated carbocycles. The van der Waals surface area contributed by atoms with Crippen LogP contribution in [0.15, 0.2) is 62.6 Å². The number of guanidine groups is 1. The van der Waals surface area contributed by atoms with Crippen LogP contribution >= 0.6 is 0 Å². The highest BCUT2D eigenvalue weighted by molar-refractivity contribution is 5.85. The average Bonchev–Trinajstić information content (AvgIpc) is 3.34. The fraction of sp³-hybridized carbons (Fsp3) is 0.333. The summed E-state index contributed by atoms with van der Waals surface area (Å²) in [5.74, 6) is 2.18. The molecular weight excluding hydrogens is 356 g/mol. The highest BCUT2D eigenvalue weighted by Crippen LogP contribution is 2.23. The van der Waals surface area contributed by atoms with Gasteiger partial charge in [-0.05, 0) is 31.2 Å². The SMILES string of the molecule is CC(NC(=NCC(=O)N(C)C)NCCc1ccco1)c1cc2ccccc2o1. The molecular formula is C21H26N4O3. The highest BCUT2D eigenvalue weighted by Gasteiger charge is 2.14. The molecule has 0 aliphatic rings. The van der Waals surface area contributed by atoms with E-state index in [1.807, 2.05) is 49.4 Å². The second-order valence-corrected chi connectivity index (χ2v) is 6.76. The molecule has 0 aliphatic carbocycles. The zero-order valence-electron chi connectivity index (χ0n) is 16.4. The largest absolute Gasteiger partial charge is 0.469 e. The van der Waals surface area contributed by atoms with E-state index in [9.17, 15) is 4.79 Å². The summed E-state index contributed by atoms with van der Waals surface area (Å²) in [5, 5.41) is 7.62. The van der Waals surface area contributed by atoms with Gasteiger partial charge < -0.3 is 24.4 Å². The lowest BCUT2D eigenvalue weighted by molar-refractivity contribution is -0.127. The van der Waals surface area contributed by atoms with Gasteiger partial charge in [0.1, 0.15) is 23.6 Å². The number of nitrogens with zero attached hydrogens (tertiary/aromatic N) is 2. The van der Waals surface area contributed by atoms with Gasteiger partial charge >= 0.3 is 0 Å². The number of aliphatic imine (C=N–C) groups is 1. The molecule has 148 valence electrons. The van der Waals surface area contributed by atoms with Gasteiger partial charge in [0, 0.05) is 32.4 Å². The number of carbonyl (C=O) groups is 1. The molecule has 7 nitrogen and oxygen atoms in total. The number of para-hydroxylation sites is 1. The van der Waals surface area contributed by atoms with Crippen molar-refractivity contribution in [2.45, 2.75) is 19.4 Å². The number of fused-ring (bicyclic) bond motifs is 1. The van der Waals surface area contributed by atoms with Crippen LogP contribution in [-0.2, 0) is 11.2 Å². The van der Waals surface area contributed by atoms with E-state index in [1.54, 1.807) is 20.4 Å². The van der Waals surface area contributed by atoms with Gasteiger partial charge in [-0.25, -0.2) is 4.99 Å². The van der Waals surface area contributed by atoms with Crippen molar-refractivity contribution in [1.82, 2.24) is 15.5 Å². The summed E-state index contributed by atoms with van der Waals surface area (Å²) in [7, 11) is 3.43. The molecule has 1 unspecified atom stereocenters. The maximum atomic E-state index is 11.9. The van der Waals surface area contributed by atoms with Crippen molar-refractivity contribution in [2.75, 3.05) is 27.2 Å². The van der Waals surface area contributed by atoms with Crippen LogP contribution in [0.4, 0.5) is 0 Å². The molecule has 2 aromatic heterocycles. The Morgan fingerprint density at radius 1 is 1.21 bits per heavy atom. The topological polar surface area (TPSA) is 83.0 Å². The molecule has 0 fully saturated rings. The zero-order chi connectivity index (χ0) is 19.9.